The van der Waals surface area contributed by atoms with Gasteiger partial charge in [0, 0.05) is 85.6 Å². The maximum Gasteiger partial charge on any atom is 0.323 e. The Hall–Kier alpha value is -2.49. The Balaban J connectivity index is 0.000000242. The number of fused-ring (bicyclic) bond motifs is 2. The molecule has 17 nitrogen and oxygen atoms in total. The summed E-state index contributed by atoms with van der Waals surface area (Å²) in [5.41, 5.74) is 7.22. The van der Waals surface area contributed by atoms with E-state index in [1.54, 1.807) is 39.0 Å². The largest absolute Gasteiger partial charge is 0.481 e. The number of carboxylic acids is 2. The van der Waals surface area contributed by atoms with E-state index < -0.39 is 11.9 Å². The molecule has 9 rings (SSSR count). The first kappa shape index (κ1) is 67.8. The molecule has 6 aromatic rings. The molecule has 3 aliphatic rings. The molecular weight excluding hydrogens is 1340 g/mol. The number of thiazole rings is 3. The molecule has 3 atom stereocenters. The van der Waals surface area contributed by atoms with Gasteiger partial charge in [0.05, 0.1) is 28.8 Å². The third-order valence-electron chi connectivity index (χ3n) is 10.6. The Morgan fingerprint density at radius 3 is 1.87 bits per heavy atom. The van der Waals surface area contributed by atoms with Gasteiger partial charge in [0.2, 0.25) is 11.8 Å². The number of amides is 2. The van der Waals surface area contributed by atoms with Crippen molar-refractivity contribution in [1.82, 2.24) is 42.8 Å². The van der Waals surface area contributed by atoms with E-state index >= 15 is 0 Å². The van der Waals surface area contributed by atoms with Crippen molar-refractivity contribution in [1.29, 1.82) is 0 Å². The fraction of sp³-hybridized carbons (Fsp3) is 0.457. The van der Waals surface area contributed by atoms with Crippen LogP contribution in [-0.4, -0.2) is 122 Å². The summed E-state index contributed by atoms with van der Waals surface area (Å²) >= 11 is 51.3. The molecule has 5 aromatic heterocycles. The molecule has 2 amide bonds. The first-order valence-corrected chi connectivity index (χ1v) is 31.3. The van der Waals surface area contributed by atoms with Crippen LogP contribution in [0.4, 0.5) is 10.8 Å². The maximum atomic E-state index is 12.1. The highest BCUT2D eigenvalue weighted by Gasteiger charge is 2.31. The van der Waals surface area contributed by atoms with Crippen molar-refractivity contribution in [2.45, 2.75) is 78.3 Å². The highest BCUT2D eigenvalue weighted by atomic mass is 79.9. The van der Waals surface area contributed by atoms with Gasteiger partial charge in [-0.25, -0.2) is 19.3 Å². The minimum absolute atomic E-state index is 0.0347. The first-order chi connectivity index (χ1) is 36.2. The van der Waals surface area contributed by atoms with E-state index in [0.29, 0.717) is 65.7 Å². The zero-order valence-corrected chi connectivity index (χ0v) is 53.3. The predicted octanol–water partition coefficient (Wildman–Crippen LogP) is 14.1. The number of likely N-dealkylation sites (tertiary alicyclic amines) is 2. The highest BCUT2D eigenvalue weighted by molar-refractivity contribution is 9.09. The Labute approximate surface area is 510 Å². The average Bonchev–Trinajstić information content (AvgIpc) is 4.28. The van der Waals surface area contributed by atoms with Crippen LogP contribution < -0.4 is 15.0 Å². The minimum Gasteiger partial charge on any atom is -0.481 e. The number of nitrogens with two attached hydrogens (primary N) is 1. The smallest absolute Gasteiger partial charge is 0.323 e. The van der Waals surface area contributed by atoms with E-state index in [1.165, 1.54) is 57.7 Å². The Kier molecular flexibility index (Phi) is 32.1. The van der Waals surface area contributed by atoms with Crippen molar-refractivity contribution in [3.63, 3.8) is 0 Å². The number of carboxylic acid groups (broad SMARTS) is 2. The summed E-state index contributed by atoms with van der Waals surface area (Å²) in [6, 6.07) is 10.9. The monoisotopic (exact) mass is 1390 g/mol. The zero-order chi connectivity index (χ0) is 56.5. The second kappa shape index (κ2) is 36.0. The van der Waals surface area contributed by atoms with Crippen LogP contribution in [0.25, 0.3) is 9.92 Å². The molecule has 5 N–H and O–H groups in total. The number of aromatic nitrogens is 5. The average molecular weight is 1400 g/mol. The molecule has 1 aromatic carbocycles. The number of carbonyl (C=O) groups excluding carboxylic acids is 2. The number of alkyl halides is 2. The van der Waals surface area contributed by atoms with Gasteiger partial charge in [-0.05, 0) is 50.7 Å². The van der Waals surface area contributed by atoms with Crippen molar-refractivity contribution in [2.24, 2.45) is 11.8 Å². The summed E-state index contributed by atoms with van der Waals surface area (Å²) < 4.78 is 9.04. The van der Waals surface area contributed by atoms with Crippen LogP contribution in [0.3, 0.4) is 0 Å². The van der Waals surface area contributed by atoms with Gasteiger partial charge in [0.25, 0.3) is 0 Å². The fourth-order valence-corrected chi connectivity index (χ4v) is 12.5. The second-order valence-electron chi connectivity index (χ2n) is 16.2. The van der Waals surface area contributed by atoms with Gasteiger partial charge in [-0.3, -0.25) is 28.0 Å². The van der Waals surface area contributed by atoms with E-state index in [2.05, 4.69) is 108 Å². The quantitative estimate of drug-likeness (QED) is 0.0455. The Bertz CT molecular complexity index is 2670. The number of para-hydroxylation sites is 1. The molecule has 76 heavy (non-hydrogen) atoms. The summed E-state index contributed by atoms with van der Waals surface area (Å²) in [7, 11) is 0. The molecule has 0 spiro atoms. The highest BCUT2D eigenvalue weighted by Crippen LogP contribution is 2.34. The van der Waals surface area contributed by atoms with E-state index in [-0.39, 0.29) is 29.2 Å². The Morgan fingerprint density at radius 2 is 1.39 bits per heavy atom. The van der Waals surface area contributed by atoms with Gasteiger partial charge in [-0.2, -0.15) is 0 Å². The fourth-order valence-electron chi connectivity index (χ4n) is 7.35. The molecule has 2 fully saturated rings. The third-order valence-corrected chi connectivity index (χ3v) is 17.1. The van der Waals surface area contributed by atoms with E-state index in [1.807, 2.05) is 15.4 Å². The lowest BCUT2D eigenvalue weighted by molar-refractivity contribution is -0.138. The number of hydrogen-bond acceptors (Lipinski definition) is 15. The number of nitrogen functional groups attached to an aromatic ring is 1. The topological polar surface area (TPSA) is 207 Å². The van der Waals surface area contributed by atoms with Crippen LogP contribution in [0.5, 0.6) is 0 Å². The first-order valence-electron chi connectivity index (χ1n) is 23.2. The number of imidazole rings is 2. The van der Waals surface area contributed by atoms with Crippen molar-refractivity contribution >= 4 is 204 Å². The lowest BCUT2D eigenvalue weighted by Gasteiger charge is -2.20. The zero-order valence-electron chi connectivity index (χ0n) is 41.6. The van der Waals surface area contributed by atoms with Crippen LogP contribution >= 0.6 is 159 Å². The predicted molar refractivity (Wildman–Crippen MR) is 325 cm³/mol. The van der Waals surface area contributed by atoms with Gasteiger partial charge in [-0.1, -0.05) is 176 Å². The second-order valence-corrected chi connectivity index (χ2v) is 24.9. The van der Waals surface area contributed by atoms with Gasteiger partial charge < -0.3 is 35.5 Å². The van der Waals surface area contributed by atoms with Crippen molar-refractivity contribution in [3.05, 3.63) is 94.7 Å². The van der Waals surface area contributed by atoms with Crippen LogP contribution in [0.15, 0.2) is 65.7 Å². The van der Waals surface area contributed by atoms with E-state index in [0.717, 1.165) is 71.8 Å². The van der Waals surface area contributed by atoms with Crippen LogP contribution in [-0.2, 0) is 25.7 Å². The number of nitrogens with zero attached hydrogens (tertiary/aromatic N) is 9. The number of thioether (sulfide) groups is 1. The van der Waals surface area contributed by atoms with Gasteiger partial charge in [0.15, 0.2) is 20.2 Å². The minimum atomic E-state index is -0.883. The van der Waals surface area contributed by atoms with E-state index in [4.69, 9.17) is 97.2 Å². The summed E-state index contributed by atoms with van der Waals surface area (Å²) in [5, 5.41) is 17.7. The number of rotatable bonds is 14. The molecule has 3 aliphatic heterocycles. The molecule has 8 heterocycles. The number of benzene rings is 1. The van der Waals surface area contributed by atoms with Gasteiger partial charge in [-0.15, -0.1) is 11.6 Å². The number of hydrogen-bond donors (Lipinski definition) is 4. The molecule has 30 heteroatoms. The number of nitrogens with one attached hydrogen (secondary N) is 1. The molecule has 3 unspecified atom stereocenters. The van der Waals surface area contributed by atoms with Crippen LogP contribution in [0.1, 0.15) is 71.9 Å². The standard InChI is InChI=1S/C13H15Cl2N3OS.C10H15N.C8H14ClNO.C5H6BrClN2O2S.C5H2Cl2N2S.C3H3ClN2S.C2H3BrO2/c1-2-3-8-4-11(19)17(5-8)6-9-12(15)16-13-18(9)7-10(14)20-13;1-3-11(4-2)10-8-6-5-7-9-10;1-2-3-7-4-8(11)10(5-7)6-9;6-8-5-9(2-4(10)11)1-3(7)12-5;6-3-1-9-2-4(7)10-5(9)8-3;4-2-1-6-3(5)7-2;3-1-2(4)5/h7-8H,2-6H2,1H3;5-9H,3-4H2,1-2H3;7H,2-6H2,1H3;1,5,8H,2H2,(H,10,11);1-2H;1H,(H2,5,6);1H2,(H,4,5). The molecule has 2 saturated heterocycles. The molecule has 0 aliphatic carbocycles. The summed E-state index contributed by atoms with van der Waals surface area (Å²) in [4.78, 5) is 64.0. The normalized spacial score (nSPS) is 16.5. The van der Waals surface area contributed by atoms with E-state index in [9.17, 15) is 19.2 Å². The summed E-state index contributed by atoms with van der Waals surface area (Å²) in [5.74, 6) is -0.253. The molecule has 420 valence electrons. The molecule has 0 bridgehead atoms. The summed E-state index contributed by atoms with van der Waals surface area (Å²) in [6.45, 7) is 12.9. The van der Waals surface area contributed by atoms with Crippen molar-refractivity contribution in [3.8, 4) is 0 Å². The van der Waals surface area contributed by atoms with Crippen LogP contribution in [0, 0.1) is 11.8 Å². The Morgan fingerprint density at radius 1 is 0.816 bits per heavy atom. The SMILES string of the molecule is CCCC1CC(=O)N(CCl)C1.CCCC1CC(=O)N(Cc2c(Cl)nc3sc(Cl)cn23)C1.CCN(CC)c1ccccc1.Clc1cn2cc(Cl)sc2n1.Nc1ncc(Cl)s1.O=C(O)CBr.O=C(O)CN1C=C(Cl)SC1NBr. The number of anilines is 2. The van der Waals surface area contributed by atoms with Crippen LogP contribution in [0.2, 0.25) is 23.3 Å². The van der Waals surface area contributed by atoms with Gasteiger partial charge in [0.1, 0.15) is 35.5 Å². The molecule has 0 saturated carbocycles. The molecule has 0 radical (unpaired) electrons. The van der Waals surface area contributed by atoms with Crippen molar-refractivity contribution < 1.29 is 29.4 Å². The summed E-state index contributed by atoms with van der Waals surface area (Å²) in [6.07, 6.45) is 14.3. The maximum absolute atomic E-state index is 12.1. The van der Waals surface area contributed by atoms with Crippen molar-refractivity contribution in [2.75, 3.05) is 54.7 Å². The number of carbonyl (C=O) groups is 4. The van der Waals surface area contributed by atoms with Gasteiger partial charge >= 0.3 is 11.9 Å². The third kappa shape index (κ3) is 23.7. The molecular formula is C46H58Br2Cl7N11O6S4. The lowest BCUT2D eigenvalue weighted by atomic mass is 10.0. The number of aliphatic carboxylic acids is 2. The number of halogens is 9. The lowest BCUT2D eigenvalue weighted by Crippen LogP contribution is -2.36.